The third-order valence-electron chi connectivity index (χ3n) is 5.84. The second kappa shape index (κ2) is 7.49. The molecule has 2 aromatic carbocycles. The van der Waals surface area contributed by atoms with Crippen LogP contribution in [0.1, 0.15) is 34.8 Å². The molecule has 8 nitrogen and oxygen atoms in total. The molecule has 1 aliphatic heterocycles. The van der Waals surface area contributed by atoms with Crippen molar-refractivity contribution in [2.24, 2.45) is 5.73 Å². The molecule has 0 bridgehead atoms. The number of carbonyl (C=O) groups is 1. The van der Waals surface area contributed by atoms with E-state index in [2.05, 4.69) is 49.8 Å². The monoisotopic (exact) mass is 425 g/mol. The predicted molar refractivity (Wildman–Crippen MR) is 124 cm³/mol. The van der Waals surface area contributed by atoms with Gasteiger partial charge in [-0.05, 0) is 61.0 Å². The molecule has 0 fully saturated rings. The molecule has 8 heteroatoms. The Labute approximate surface area is 185 Å². The number of aromatic nitrogens is 4. The molecule has 1 aliphatic rings. The molecule has 5 rings (SSSR count). The van der Waals surface area contributed by atoms with Crippen molar-refractivity contribution < 1.29 is 4.79 Å². The number of primary amides is 1. The summed E-state index contributed by atoms with van der Waals surface area (Å²) >= 11 is 0. The van der Waals surface area contributed by atoms with Crippen LogP contribution in [-0.2, 0) is 0 Å². The van der Waals surface area contributed by atoms with Gasteiger partial charge in [0.1, 0.15) is 17.5 Å². The van der Waals surface area contributed by atoms with Crippen molar-refractivity contribution in [3.05, 3.63) is 78.0 Å². The Morgan fingerprint density at radius 1 is 1.00 bits per heavy atom. The van der Waals surface area contributed by atoms with Gasteiger partial charge >= 0.3 is 0 Å². The summed E-state index contributed by atoms with van der Waals surface area (Å²) in [6, 6.07) is 17.4. The second-order valence-corrected chi connectivity index (χ2v) is 8.04. The number of rotatable bonds is 3. The quantitative estimate of drug-likeness (QED) is 0.518. The standard InChI is InChI=1S/C24H23N7O/c1-14-13-30(19-7-3-16(4-8-19)23(26)32)21-11-17(18-6-10-22(25)27-12-18)5-9-20(21)31-15(2)28-29-24(14)31/h3-12,14H,13H2,1-2H3,(H2,25,27)(H2,26,32). The maximum absolute atomic E-state index is 11.5. The first kappa shape index (κ1) is 19.7. The van der Waals surface area contributed by atoms with E-state index in [1.807, 2.05) is 25.1 Å². The number of fused-ring (bicyclic) bond motifs is 3. The highest BCUT2D eigenvalue weighted by molar-refractivity contribution is 5.93. The Balaban J connectivity index is 1.70. The van der Waals surface area contributed by atoms with Gasteiger partial charge in [-0.25, -0.2) is 4.98 Å². The Morgan fingerprint density at radius 2 is 1.75 bits per heavy atom. The van der Waals surface area contributed by atoms with Gasteiger partial charge in [-0.15, -0.1) is 10.2 Å². The molecule has 4 aromatic rings. The zero-order valence-corrected chi connectivity index (χ0v) is 17.9. The number of nitrogens with two attached hydrogens (primary N) is 2. The second-order valence-electron chi connectivity index (χ2n) is 8.04. The van der Waals surface area contributed by atoms with E-state index in [0.717, 1.165) is 39.8 Å². The van der Waals surface area contributed by atoms with Crippen LogP contribution in [0.15, 0.2) is 60.8 Å². The van der Waals surface area contributed by atoms with Crippen LogP contribution in [0.2, 0.25) is 0 Å². The van der Waals surface area contributed by atoms with Crippen LogP contribution in [0.4, 0.5) is 17.2 Å². The van der Waals surface area contributed by atoms with E-state index in [1.165, 1.54) is 0 Å². The normalized spacial score (nSPS) is 15.1. The molecule has 160 valence electrons. The van der Waals surface area contributed by atoms with Crippen molar-refractivity contribution in [2.45, 2.75) is 19.8 Å². The number of aryl methyl sites for hydroxylation is 1. The van der Waals surface area contributed by atoms with E-state index < -0.39 is 5.91 Å². The highest BCUT2D eigenvalue weighted by Crippen LogP contribution is 2.40. The molecule has 4 N–H and O–H groups in total. The Hall–Kier alpha value is -4.20. The molecule has 0 radical (unpaired) electrons. The van der Waals surface area contributed by atoms with Gasteiger partial charge in [-0.3, -0.25) is 9.36 Å². The molecule has 0 saturated heterocycles. The lowest BCUT2D eigenvalue weighted by molar-refractivity contribution is 0.100. The fourth-order valence-corrected chi connectivity index (χ4v) is 4.18. The van der Waals surface area contributed by atoms with Gasteiger partial charge in [0.25, 0.3) is 0 Å². The van der Waals surface area contributed by atoms with Crippen LogP contribution in [0.25, 0.3) is 16.8 Å². The van der Waals surface area contributed by atoms with E-state index in [4.69, 9.17) is 11.5 Å². The topological polar surface area (TPSA) is 116 Å². The SMILES string of the molecule is Cc1nnc2n1-c1ccc(-c3ccc(N)nc3)cc1N(c1ccc(C(N)=O)cc1)CC2C. The Morgan fingerprint density at radius 3 is 2.44 bits per heavy atom. The van der Waals surface area contributed by atoms with Gasteiger partial charge in [0.15, 0.2) is 0 Å². The highest BCUT2D eigenvalue weighted by atomic mass is 16.1. The predicted octanol–water partition coefficient (Wildman–Crippen LogP) is 3.57. The van der Waals surface area contributed by atoms with Crippen molar-refractivity contribution in [2.75, 3.05) is 17.2 Å². The van der Waals surface area contributed by atoms with Crippen LogP contribution in [0.3, 0.4) is 0 Å². The van der Waals surface area contributed by atoms with E-state index in [-0.39, 0.29) is 5.92 Å². The number of benzene rings is 2. The fraction of sp³-hybridized carbons (Fsp3) is 0.167. The van der Waals surface area contributed by atoms with Gasteiger partial charge in [-0.1, -0.05) is 13.0 Å². The minimum Gasteiger partial charge on any atom is -0.384 e. The van der Waals surface area contributed by atoms with Gasteiger partial charge in [0, 0.05) is 35.5 Å². The van der Waals surface area contributed by atoms with Crippen molar-refractivity contribution in [3.63, 3.8) is 0 Å². The number of hydrogen-bond acceptors (Lipinski definition) is 6. The number of carbonyl (C=O) groups excluding carboxylic acids is 1. The van der Waals surface area contributed by atoms with E-state index >= 15 is 0 Å². The fourth-order valence-electron chi connectivity index (χ4n) is 4.18. The molecule has 1 amide bonds. The summed E-state index contributed by atoms with van der Waals surface area (Å²) in [4.78, 5) is 18.0. The molecule has 1 atom stereocenters. The van der Waals surface area contributed by atoms with Crippen molar-refractivity contribution in [1.82, 2.24) is 19.7 Å². The molecule has 0 saturated carbocycles. The van der Waals surface area contributed by atoms with Crippen molar-refractivity contribution >= 4 is 23.1 Å². The number of nitrogens with zero attached hydrogens (tertiary/aromatic N) is 5. The number of amides is 1. The summed E-state index contributed by atoms with van der Waals surface area (Å²) in [5.41, 5.74) is 16.7. The maximum atomic E-state index is 11.5. The van der Waals surface area contributed by atoms with Crippen LogP contribution >= 0.6 is 0 Å². The zero-order valence-electron chi connectivity index (χ0n) is 17.9. The molecule has 32 heavy (non-hydrogen) atoms. The average molecular weight is 425 g/mol. The van der Waals surface area contributed by atoms with Gasteiger partial charge in [0.05, 0.1) is 11.4 Å². The third-order valence-corrected chi connectivity index (χ3v) is 5.84. The molecular formula is C24H23N7O. The van der Waals surface area contributed by atoms with E-state index in [9.17, 15) is 4.79 Å². The summed E-state index contributed by atoms with van der Waals surface area (Å²) in [7, 11) is 0. The smallest absolute Gasteiger partial charge is 0.248 e. The highest BCUT2D eigenvalue weighted by Gasteiger charge is 2.28. The molecule has 3 heterocycles. The summed E-state index contributed by atoms with van der Waals surface area (Å²) in [6.07, 6.45) is 1.78. The summed E-state index contributed by atoms with van der Waals surface area (Å²) < 4.78 is 2.11. The Bertz CT molecular complexity index is 1310. The molecule has 1 unspecified atom stereocenters. The van der Waals surface area contributed by atoms with E-state index in [0.29, 0.717) is 17.9 Å². The minimum atomic E-state index is -0.443. The van der Waals surface area contributed by atoms with E-state index in [1.54, 1.807) is 24.4 Å². The van der Waals surface area contributed by atoms with Crippen LogP contribution < -0.4 is 16.4 Å². The molecule has 0 spiro atoms. The van der Waals surface area contributed by atoms with Crippen molar-refractivity contribution in [1.29, 1.82) is 0 Å². The van der Waals surface area contributed by atoms with Crippen LogP contribution in [0.5, 0.6) is 0 Å². The van der Waals surface area contributed by atoms with Crippen LogP contribution in [-0.4, -0.2) is 32.2 Å². The Kier molecular flexibility index (Phi) is 4.62. The lowest BCUT2D eigenvalue weighted by atomic mass is 10.0. The first-order valence-corrected chi connectivity index (χ1v) is 10.4. The van der Waals surface area contributed by atoms with Gasteiger partial charge < -0.3 is 16.4 Å². The number of hydrogen-bond donors (Lipinski definition) is 2. The molecular weight excluding hydrogens is 402 g/mol. The molecule has 0 aliphatic carbocycles. The largest absolute Gasteiger partial charge is 0.384 e. The lowest BCUT2D eigenvalue weighted by Crippen LogP contribution is -2.22. The number of pyridine rings is 1. The summed E-state index contributed by atoms with van der Waals surface area (Å²) in [5.74, 6) is 1.92. The van der Waals surface area contributed by atoms with Crippen LogP contribution in [0, 0.1) is 6.92 Å². The third kappa shape index (κ3) is 3.26. The van der Waals surface area contributed by atoms with Gasteiger partial charge in [0.2, 0.25) is 5.91 Å². The average Bonchev–Trinajstić information content (AvgIpc) is 3.13. The lowest BCUT2D eigenvalue weighted by Gasteiger charge is -2.27. The summed E-state index contributed by atoms with van der Waals surface area (Å²) in [5, 5.41) is 8.78. The zero-order chi connectivity index (χ0) is 22.4. The maximum Gasteiger partial charge on any atom is 0.248 e. The van der Waals surface area contributed by atoms with Crippen molar-refractivity contribution in [3.8, 4) is 16.8 Å². The number of anilines is 3. The molecule has 2 aromatic heterocycles. The first-order valence-electron chi connectivity index (χ1n) is 10.4. The first-order chi connectivity index (χ1) is 15.4. The minimum absolute atomic E-state index is 0.126. The summed E-state index contributed by atoms with van der Waals surface area (Å²) in [6.45, 7) is 4.80. The van der Waals surface area contributed by atoms with Gasteiger partial charge in [-0.2, -0.15) is 0 Å². The number of nitrogen functional groups attached to an aromatic ring is 1.